The van der Waals surface area contributed by atoms with E-state index in [0.717, 1.165) is 6.54 Å². The number of carbonyl (C=O) groups excluding carboxylic acids is 2. The molecular weight excluding hydrogens is 440 g/mol. The zero-order chi connectivity index (χ0) is 23.9. The molecule has 2 aromatic carbocycles. The third-order valence-electron chi connectivity index (χ3n) is 5.68. The predicted molar refractivity (Wildman–Crippen MR) is 126 cm³/mol. The second-order valence-corrected chi connectivity index (χ2v) is 10.4. The molecule has 1 atom stereocenters. The molecule has 1 aliphatic carbocycles. The topological polar surface area (TPSA) is 122 Å². The van der Waals surface area contributed by atoms with E-state index in [1.807, 2.05) is 25.9 Å². The van der Waals surface area contributed by atoms with Crippen LogP contribution in [0, 0.1) is 5.92 Å². The number of ketones is 1. The molecule has 0 bridgehead atoms. The summed E-state index contributed by atoms with van der Waals surface area (Å²) in [5.74, 6) is -0.601. The Hall–Kier alpha value is -3.27. The van der Waals surface area contributed by atoms with Crippen LogP contribution >= 0.6 is 0 Å². The molecule has 4 rings (SSSR count). The molecule has 0 radical (unpaired) electrons. The van der Waals surface area contributed by atoms with Gasteiger partial charge in [-0.2, -0.15) is 0 Å². The van der Waals surface area contributed by atoms with Crippen LogP contribution in [0.4, 0.5) is 0 Å². The number of Topliss-reactive ketones (excluding diaryl/α,β-unsaturated/α-hetero) is 1. The van der Waals surface area contributed by atoms with E-state index in [0.29, 0.717) is 28.9 Å². The first kappa shape index (κ1) is 22.9. The SMILES string of the molecule is CC(CNS(=O)(=O)c1ccc(C2=C3C(=O)c4ccccc4C(N)=C3C(=O)N2)cc1)CN(C)C. The molecule has 9 heteroatoms. The molecule has 1 heterocycles. The highest BCUT2D eigenvalue weighted by Crippen LogP contribution is 2.39. The first-order chi connectivity index (χ1) is 15.6. The summed E-state index contributed by atoms with van der Waals surface area (Å²) >= 11 is 0. The lowest BCUT2D eigenvalue weighted by Gasteiger charge is -2.18. The summed E-state index contributed by atoms with van der Waals surface area (Å²) in [7, 11) is 0.178. The van der Waals surface area contributed by atoms with Gasteiger partial charge in [-0.15, -0.1) is 0 Å². The van der Waals surface area contributed by atoms with E-state index >= 15 is 0 Å². The Morgan fingerprint density at radius 3 is 2.27 bits per heavy atom. The molecule has 172 valence electrons. The van der Waals surface area contributed by atoms with Gasteiger partial charge < -0.3 is 16.0 Å². The van der Waals surface area contributed by atoms with Gasteiger partial charge in [0.1, 0.15) is 0 Å². The minimum atomic E-state index is -3.69. The van der Waals surface area contributed by atoms with E-state index in [9.17, 15) is 18.0 Å². The van der Waals surface area contributed by atoms with Crippen molar-refractivity contribution in [2.75, 3.05) is 27.2 Å². The predicted octanol–water partition coefficient (Wildman–Crippen LogP) is 1.57. The Kier molecular flexibility index (Phi) is 5.96. The summed E-state index contributed by atoms with van der Waals surface area (Å²) in [6.07, 6.45) is 0. The lowest BCUT2D eigenvalue weighted by atomic mass is 9.84. The summed E-state index contributed by atoms with van der Waals surface area (Å²) in [5.41, 5.74) is 8.67. The minimum Gasteiger partial charge on any atom is -0.398 e. The van der Waals surface area contributed by atoms with E-state index in [2.05, 4.69) is 10.0 Å². The van der Waals surface area contributed by atoms with Gasteiger partial charge in [0.15, 0.2) is 5.78 Å². The summed E-state index contributed by atoms with van der Waals surface area (Å²) in [4.78, 5) is 27.9. The Morgan fingerprint density at radius 1 is 1.00 bits per heavy atom. The third kappa shape index (κ3) is 4.22. The number of sulfonamides is 1. The number of hydrogen-bond donors (Lipinski definition) is 3. The maximum absolute atomic E-state index is 13.2. The largest absolute Gasteiger partial charge is 0.398 e. The molecule has 0 fully saturated rings. The van der Waals surface area contributed by atoms with Crippen molar-refractivity contribution < 1.29 is 18.0 Å². The molecular formula is C24H26N4O4S. The molecule has 0 saturated carbocycles. The number of nitrogens with zero attached hydrogens (tertiary/aromatic N) is 1. The Morgan fingerprint density at radius 2 is 1.64 bits per heavy atom. The maximum Gasteiger partial charge on any atom is 0.258 e. The Bertz CT molecular complexity index is 1310. The molecule has 2 aromatic rings. The summed E-state index contributed by atoms with van der Waals surface area (Å²) < 4.78 is 28.0. The number of amides is 1. The lowest BCUT2D eigenvalue weighted by Crippen LogP contribution is -2.32. The fourth-order valence-corrected chi connectivity index (χ4v) is 5.35. The van der Waals surface area contributed by atoms with Crippen LogP contribution in [-0.4, -0.2) is 52.2 Å². The van der Waals surface area contributed by atoms with E-state index in [1.54, 1.807) is 36.4 Å². The average molecular weight is 467 g/mol. The first-order valence-corrected chi connectivity index (χ1v) is 12.0. The van der Waals surface area contributed by atoms with E-state index in [1.165, 1.54) is 12.1 Å². The van der Waals surface area contributed by atoms with Gasteiger partial charge in [-0.25, -0.2) is 13.1 Å². The number of benzene rings is 2. The van der Waals surface area contributed by atoms with Crippen LogP contribution in [-0.2, 0) is 14.8 Å². The monoisotopic (exact) mass is 466 g/mol. The number of fused-ring (bicyclic) bond motifs is 2. The van der Waals surface area contributed by atoms with Gasteiger partial charge >= 0.3 is 0 Å². The smallest absolute Gasteiger partial charge is 0.258 e. The van der Waals surface area contributed by atoms with Gasteiger partial charge in [0, 0.05) is 24.2 Å². The maximum atomic E-state index is 13.2. The number of nitrogens with one attached hydrogen (secondary N) is 2. The second-order valence-electron chi connectivity index (χ2n) is 8.61. The van der Waals surface area contributed by atoms with Crippen molar-refractivity contribution in [2.24, 2.45) is 11.7 Å². The van der Waals surface area contributed by atoms with Gasteiger partial charge in [-0.05, 0) is 37.7 Å². The van der Waals surface area contributed by atoms with Crippen LogP contribution in [0.2, 0.25) is 0 Å². The van der Waals surface area contributed by atoms with Gasteiger partial charge in [-0.1, -0.05) is 43.3 Å². The third-order valence-corrected chi connectivity index (χ3v) is 7.12. The minimum absolute atomic E-state index is 0.105. The van der Waals surface area contributed by atoms with Gasteiger partial charge in [0.05, 0.1) is 27.4 Å². The van der Waals surface area contributed by atoms with Crippen molar-refractivity contribution in [3.8, 4) is 0 Å². The van der Waals surface area contributed by atoms with Crippen molar-refractivity contribution in [2.45, 2.75) is 11.8 Å². The van der Waals surface area contributed by atoms with Crippen molar-refractivity contribution in [1.29, 1.82) is 0 Å². The fourth-order valence-electron chi connectivity index (χ4n) is 4.19. The highest BCUT2D eigenvalue weighted by Gasteiger charge is 2.39. The quantitative estimate of drug-likeness (QED) is 0.570. The molecule has 33 heavy (non-hydrogen) atoms. The highest BCUT2D eigenvalue weighted by atomic mass is 32.2. The normalized spacial score (nSPS) is 16.7. The Balaban J connectivity index is 1.64. The number of hydrogen-bond acceptors (Lipinski definition) is 6. The molecule has 2 aliphatic rings. The van der Waals surface area contributed by atoms with Crippen molar-refractivity contribution >= 4 is 33.1 Å². The molecule has 0 spiro atoms. The molecule has 4 N–H and O–H groups in total. The number of rotatable bonds is 7. The van der Waals surface area contributed by atoms with Crippen LogP contribution in [0.3, 0.4) is 0 Å². The Labute approximate surface area is 193 Å². The van der Waals surface area contributed by atoms with Crippen LogP contribution < -0.4 is 15.8 Å². The summed E-state index contributed by atoms with van der Waals surface area (Å²) in [5, 5.41) is 2.74. The summed E-state index contributed by atoms with van der Waals surface area (Å²) in [6, 6.07) is 13.0. The van der Waals surface area contributed by atoms with Gasteiger partial charge in [-0.3, -0.25) is 9.59 Å². The van der Waals surface area contributed by atoms with Crippen molar-refractivity contribution in [3.05, 3.63) is 76.4 Å². The van der Waals surface area contributed by atoms with Crippen LogP contribution in [0.15, 0.2) is 64.6 Å². The second kappa shape index (κ2) is 8.58. The number of nitrogens with two attached hydrogens (primary N) is 1. The molecule has 1 aliphatic heterocycles. The standard InChI is InChI=1S/C24H26N4O4S/c1-14(13-28(2)3)12-26-33(31,32)16-10-8-15(9-11-16)22-20-19(24(30)27-22)21(25)17-6-4-5-7-18(17)23(20)29/h4-11,14,26H,12-13,25H2,1-3H3,(H,27,30). The van der Waals surface area contributed by atoms with Crippen LogP contribution in [0.5, 0.6) is 0 Å². The van der Waals surface area contributed by atoms with Crippen molar-refractivity contribution in [1.82, 2.24) is 14.9 Å². The van der Waals surface area contributed by atoms with Gasteiger partial charge in [0.2, 0.25) is 10.0 Å². The molecule has 0 aromatic heterocycles. The zero-order valence-corrected chi connectivity index (χ0v) is 19.5. The first-order valence-electron chi connectivity index (χ1n) is 10.5. The van der Waals surface area contributed by atoms with Crippen LogP contribution in [0.1, 0.15) is 28.4 Å². The lowest BCUT2D eigenvalue weighted by molar-refractivity contribution is -0.115. The molecule has 0 saturated heterocycles. The zero-order valence-electron chi connectivity index (χ0n) is 18.7. The fraction of sp³-hybridized carbons (Fsp3) is 0.250. The van der Waals surface area contributed by atoms with Crippen molar-refractivity contribution in [3.63, 3.8) is 0 Å². The average Bonchev–Trinajstić information content (AvgIpc) is 3.13. The van der Waals surface area contributed by atoms with E-state index in [4.69, 9.17) is 5.73 Å². The summed E-state index contributed by atoms with van der Waals surface area (Å²) in [6.45, 7) is 3.04. The molecule has 1 unspecified atom stereocenters. The van der Waals surface area contributed by atoms with Gasteiger partial charge in [0.25, 0.3) is 5.91 Å². The molecule has 1 amide bonds. The number of carbonyl (C=O) groups is 2. The van der Waals surface area contributed by atoms with E-state index < -0.39 is 15.9 Å². The van der Waals surface area contributed by atoms with Crippen LogP contribution in [0.25, 0.3) is 11.4 Å². The highest BCUT2D eigenvalue weighted by molar-refractivity contribution is 7.89. The van der Waals surface area contributed by atoms with E-state index in [-0.39, 0.29) is 33.4 Å². The molecule has 8 nitrogen and oxygen atoms in total.